The number of rotatable bonds is 6. The molecule has 0 bridgehead atoms. The largest absolute Gasteiger partial charge is 0.368 e. The Hall–Kier alpha value is -1.97. The Bertz CT molecular complexity index is 802. The number of sulfonamides is 1. The number of nitrogens with two attached hydrogens (primary N) is 1. The van der Waals surface area contributed by atoms with Crippen LogP contribution in [0.1, 0.15) is 38.5 Å². The molecule has 1 aromatic rings. The normalized spacial score (nSPS) is 21.9. The van der Waals surface area contributed by atoms with Crippen LogP contribution in [0.15, 0.2) is 29.2 Å². The van der Waals surface area contributed by atoms with Crippen LogP contribution in [0.4, 0.5) is 5.69 Å². The number of amides is 2. The lowest BCUT2D eigenvalue weighted by atomic mass is 10.2. The van der Waals surface area contributed by atoms with E-state index in [0.717, 1.165) is 32.1 Å². The van der Waals surface area contributed by atoms with Gasteiger partial charge in [-0.1, -0.05) is 12.8 Å². The Balaban J connectivity index is 1.61. The highest BCUT2D eigenvalue weighted by Gasteiger charge is 2.30. The maximum Gasteiger partial charge on any atom is 0.243 e. The number of nitrogens with zero attached hydrogens (tertiary/aromatic N) is 2. The second kappa shape index (κ2) is 9.02. The van der Waals surface area contributed by atoms with Crippen molar-refractivity contribution in [3.05, 3.63) is 24.3 Å². The maximum absolute atomic E-state index is 12.8. The van der Waals surface area contributed by atoms with Gasteiger partial charge in [-0.25, -0.2) is 8.42 Å². The highest BCUT2D eigenvalue weighted by molar-refractivity contribution is 7.89. The summed E-state index contributed by atoms with van der Waals surface area (Å²) < 4.78 is 27.1. The van der Waals surface area contributed by atoms with Gasteiger partial charge in [0, 0.05) is 18.8 Å². The summed E-state index contributed by atoms with van der Waals surface area (Å²) in [6.07, 6.45) is 5.40. The van der Waals surface area contributed by atoms with E-state index in [9.17, 15) is 18.0 Å². The van der Waals surface area contributed by atoms with E-state index in [1.165, 1.54) is 12.1 Å². The molecule has 0 aromatic heterocycles. The second-order valence-electron chi connectivity index (χ2n) is 7.42. The van der Waals surface area contributed by atoms with E-state index in [0.29, 0.717) is 31.7 Å². The highest BCUT2D eigenvalue weighted by atomic mass is 32.2. The smallest absolute Gasteiger partial charge is 0.243 e. The van der Waals surface area contributed by atoms with E-state index in [1.807, 2.05) is 0 Å². The number of hydrogen-bond acceptors (Lipinski definition) is 5. The van der Waals surface area contributed by atoms with E-state index in [4.69, 9.17) is 5.73 Å². The molecule has 1 aromatic carbocycles. The van der Waals surface area contributed by atoms with E-state index < -0.39 is 22.0 Å². The van der Waals surface area contributed by atoms with Crippen LogP contribution in [-0.4, -0.2) is 61.7 Å². The minimum atomic E-state index is -3.51. The maximum atomic E-state index is 12.8. The summed E-state index contributed by atoms with van der Waals surface area (Å²) >= 11 is 0. The van der Waals surface area contributed by atoms with Gasteiger partial charge in [0.1, 0.15) is 0 Å². The zero-order valence-electron chi connectivity index (χ0n) is 16.0. The average molecular weight is 409 g/mol. The van der Waals surface area contributed by atoms with Gasteiger partial charge in [0.15, 0.2) is 0 Å². The van der Waals surface area contributed by atoms with Crippen LogP contribution in [0.2, 0.25) is 0 Å². The van der Waals surface area contributed by atoms with Crippen LogP contribution >= 0.6 is 0 Å². The first-order valence-electron chi connectivity index (χ1n) is 9.81. The molecule has 28 heavy (non-hydrogen) atoms. The zero-order valence-corrected chi connectivity index (χ0v) is 16.8. The molecule has 0 radical (unpaired) electrons. The molecule has 1 atom stereocenters. The van der Waals surface area contributed by atoms with Gasteiger partial charge in [0.25, 0.3) is 0 Å². The number of likely N-dealkylation sites (tertiary alicyclic amines) is 1. The lowest BCUT2D eigenvalue weighted by Crippen LogP contribution is -2.43. The molecule has 154 valence electrons. The molecule has 0 aliphatic carbocycles. The van der Waals surface area contributed by atoms with Crippen molar-refractivity contribution in [2.45, 2.75) is 49.5 Å². The minimum Gasteiger partial charge on any atom is -0.368 e. The molecule has 3 N–H and O–H groups in total. The monoisotopic (exact) mass is 408 g/mol. The van der Waals surface area contributed by atoms with Crippen molar-refractivity contribution in [3.8, 4) is 0 Å². The Kier molecular flexibility index (Phi) is 6.69. The summed E-state index contributed by atoms with van der Waals surface area (Å²) in [6, 6.07) is 5.85. The van der Waals surface area contributed by atoms with Gasteiger partial charge in [0.05, 0.1) is 17.5 Å². The summed E-state index contributed by atoms with van der Waals surface area (Å²) in [4.78, 5) is 25.7. The minimum absolute atomic E-state index is 0.0848. The van der Waals surface area contributed by atoms with Crippen LogP contribution in [-0.2, 0) is 19.6 Å². The third-order valence-electron chi connectivity index (χ3n) is 5.38. The van der Waals surface area contributed by atoms with Crippen LogP contribution in [0, 0.1) is 0 Å². The first kappa shape index (κ1) is 20.8. The molecule has 2 aliphatic rings. The Morgan fingerprint density at radius 3 is 2.25 bits per heavy atom. The molecule has 0 spiro atoms. The molecular formula is C19H28N4O4S. The molecule has 8 nitrogen and oxygen atoms in total. The van der Waals surface area contributed by atoms with Crippen molar-refractivity contribution in [1.29, 1.82) is 0 Å². The fourth-order valence-electron chi connectivity index (χ4n) is 3.86. The number of nitrogens with one attached hydrogen (secondary N) is 1. The molecule has 0 unspecified atom stereocenters. The van der Waals surface area contributed by atoms with Gasteiger partial charge in [-0.3, -0.25) is 14.5 Å². The van der Waals surface area contributed by atoms with Crippen molar-refractivity contribution < 1.29 is 18.0 Å². The third kappa shape index (κ3) is 4.89. The van der Waals surface area contributed by atoms with Crippen molar-refractivity contribution in [2.24, 2.45) is 5.73 Å². The van der Waals surface area contributed by atoms with Gasteiger partial charge in [-0.15, -0.1) is 0 Å². The number of anilines is 1. The zero-order chi connectivity index (χ0) is 20.1. The fraction of sp³-hybridized carbons (Fsp3) is 0.579. The van der Waals surface area contributed by atoms with Gasteiger partial charge in [-0.2, -0.15) is 4.31 Å². The quantitative estimate of drug-likeness (QED) is 0.733. The summed E-state index contributed by atoms with van der Waals surface area (Å²) in [6.45, 7) is 1.85. The molecule has 0 saturated carbocycles. The Morgan fingerprint density at radius 1 is 1.00 bits per heavy atom. The van der Waals surface area contributed by atoms with Crippen molar-refractivity contribution in [2.75, 3.05) is 31.5 Å². The first-order chi connectivity index (χ1) is 13.4. The number of primary amides is 1. The first-order valence-corrected chi connectivity index (χ1v) is 11.3. The fourth-order valence-corrected chi connectivity index (χ4v) is 5.38. The number of carbonyl (C=O) groups excluding carboxylic acids is 2. The van der Waals surface area contributed by atoms with Gasteiger partial charge in [0.2, 0.25) is 21.8 Å². The summed E-state index contributed by atoms with van der Waals surface area (Å²) in [5, 5.41) is 2.76. The molecule has 2 saturated heterocycles. The topological polar surface area (TPSA) is 113 Å². The lowest BCUT2D eigenvalue weighted by molar-refractivity contribution is -0.123. The summed E-state index contributed by atoms with van der Waals surface area (Å²) in [5.41, 5.74) is 5.89. The molecule has 2 heterocycles. The standard InChI is InChI=1S/C19H28N4O4S/c20-19(25)17-6-5-11-22(17)14-18(24)21-15-7-9-16(10-8-15)28(26,27)23-12-3-1-2-4-13-23/h7-10,17H,1-6,11-14H2,(H2,20,25)(H,21,24)/t17-/m0/s1. The third-order valence-corrected chi connectivity index (χ3v) is 7.29. The SMILES string of the molecule is NC(=O)[C@@H]1CCCN1CC(=O)Nc1ccc(S(=O)(=O)N2CCCCCC2)cc1. The lowest BCUT2D eigenvalue weighted by Gasteiger charge is -2.21. The van der Waals surface area contributed by atoms with Gasteiger partial charge < -0.3 is 11.1 Å². The molecule has 2 amide bonds. The molecule has 2 aliphatic heterocycles. The number of hydrogen-bond donors (Lipinski definition) is 2. The molecule has 9 heteroatoms. The Morgan fingerprint density at radius 2 is 1.64 bits per heavy atom. The van der Waals surface area contributed by atoms with Crippen molar-refractivity contribution >= 4 is 27.5 Å². The van der Waals surface area contributed by atoms with Crippen molar-refractivity contribution in [3.63, 3.8) is 0 Å². The predicted molar refractivity (Wildman–Crippen MR) is 106 cm³/mol. The van der Waals surface area contributed by atoms with Gasteiger partial charge >= 0.3 is 0 Å². The number of carbonyl (C=O) groups is 2. The van der Waals surface area contributed by atoms with E-state index in [1.54, 1.807) is 21.3 Å². The average Bonchev–Trinajstić information content (AvgIpc) is 2.93. The highest BCUT2D eigenvalue weighted by Crippen LogP contribution is 2.22. The van der Waals surface area contributed by atoms with Crippen LogP contribution in [0.3, 0.4) is 0 Å². The summed E-state index contributed by atoms with van der Waals surface area (Å²) in [5.74, 6) is -0.662. The summed E-state index contributed by atoms with van der Waals surface area (Å²) in [7, 11) is -3.51. The Labute approximate surface area is 166 Å². The predicted octanol–water partition coefficient (Wildman–Crippen LogP) is 1.14. The van der Waals surface area contributed by atoms with E-state index in [2.05, 4.69) is 5.32 Å². The van der Waals surface area contributed by atoms with E-state index in [-0.39, 0.29) is 17.3 Å². The molecule has 2 fully saturated rings. The molecule has 3 rings (SSSR count). The molecular weight excluding hydrogens is 380 g/mol. The van der Waals surface area contributed by atoms with Gasteiger partial charge in [-0.05, 0) is 56.5 Å². The second-order valence-corrected chi connectivity index (χ2v) is 9.36. The van der Waals surface area contributed by atoms with Crippen LogP contribution in [0.5, 0.6) is 0 Å². The van der Waals surface area contributed by atoms with E-state index >= 15 is 0 Å². The number of benzene rings is 1. The van der Waals surface area contributed by atoms with Crippen LogP contribution in [0.25, 0.3) is 0 Å². The van der Waals surface area contributed by atoms with Crippen LogP contribution < -0.4 is 11.1 Å². The van der Waals surface area contributed by atoms with Crippen molar-refractivity contribution in [1.82, 2.24) is 9.21 Å².